The maximum absolute atomic E-state index is 8.68. The Kier molecular flexibility index (Phi) is 2.71. The van der Waals surface area contributed by atoms with Gasteiger partial charge in [0.15, 0.2) is 0 Å². The number of aliphatic hydroxyl groups is 1. The topological polar surface area (TPSA) is 32.3 Å². The third-order valence-electron chi connectivity index (χ3n) is 1.18. The molecule has 0 fully saturated rings. The number of rotatable bonds is 3. The Morgan fingerprint density at radius 2 is 2.60 bits per heavy atom. The van der Waals surface area contributed by atoms with Crippen LogP contribution >= 0.6 is 11.3 Å². The van der Waals surface area contributed by atoms with Crippen molar-refractivity contribution in [1.29, 1.82) is 0 Å². The summed E-state index contributed by atoms with van der Waals surface area (Å²) in [4.78, 5) is 0. The summed E-state index contributed by atoms with van der Waals surface area (Å²) in [7, 11) is 0. The predicted molar refractivity (Wildman–Crippen MR) is 44.5 cm³/mol. The first-order valence-corrected chi connectivity index (χ1v) is 4.12. The minimum atomic E-state index is 0.152. The van der Waals surface area contributed by atoms with Gasteiger partial charge in [0.1, 0.15) is 0 Å². The Morgan fingerprint density at radius 1 is 1.80 bits per heavy atom. The van der Waals surface area contributed by atoms with Gasteiger partial charge in [-0.05, 0) is 24.4 Å². The third kappa shape index (κ3) is 2.01. The van der Waals surface area contributed by atoms with E-state index in [2.05, 4.69) is 5.32 Å². The van der Waals surface area contributed by atoms with E-state index in [0.29, 0.717) is 0 Å². The lowest BCUT2D eigenvalue weighted by atomic mass is 10.4. The minimum Gasteiger partial charge on any atom is -0.394 e. The highest BCUT2D eigenvalue weighted by Crippen LogP contribution is 2.15. The molecule has 0 unspecified atom stereocenters. The van der Waals surface area contributed by atoms with Crippen LogP contribution in [-0.4, -0.2) is 17.8 Å². The SMILES string of the molecule is C[C@@H](CO)Nc1cccs1. The van der Waals surface area contributed by atoms with Crippen LogP contribution in [0, 0.1) is 0 Å². The Labute approximate surface area is 64.5 Å². The second kappa shape index (κ2) is 3.58. The van der Waals surface area contributed by atoms with Crippen LogP contribution in [0.3, 0.4) is 0 Å². The van der Waals surface area contributed by atoms with E-state index in [9.17, 15) is 0 Å². The number of anilines is 1. The van der Waals surface area contributed by atoms with Crippen molar-refractivity contribution in [3.05, 3.63) is 17.5 Å². The quantitative estimate of drug-likeness (QED) is 0.697. The molecule has 56 valence electrons. The Morgan fingerprint density at radius 3 is 3.10 bits per heavy atom. The summed E-state index contributed by atoms with van der Waals surface area (Å²) in [5.41, 5.74) is 0. The summed E-state index contributed by atoms with van der Waals surface area (Å²) in [5.74, 6) is 0. The van der Waals surface area contributed by atoms with Gasteiger partial charge in [0.25, 0.3) is 0 Å². The molecule has 0 spiro atoms. The van der Waals surface area contributed by atoms with E-state index in [1.165, 1.54) is 0 Å². The zero-order valence-electron chi connectivity index (χ0n) is 5.87. The summed E-state index contributed by atoms with van der Waals surface area (Å²) in [5, 5.41) is 14.9. The summed E-state index contributed by atoms with van der Waals surface area (Å²) >= 11 is 1.64. The first-order chi connectivity index (χ1) is 4.83. The van der Waals surface area contributed by atoms with Crippen molar-refractivity contribution in [3.63, 3.8) is 0 Å². The van der Waals surface area contributed by atoms with E-state index in [1.54, 1.807) is 11.3 Å². The van der Waals surface area contributed by atoms with Gasteiger partial charge in [0, 0.05) is 6.04 Å². The van der Waals surface area contributed by atoms with Gasteiger partial charge in [-0.2, -0.15) is 0 Å². The van der Waals surface area contributed by atoms with E-state index in [1.807, 2.05) is 24.4 Å². The highest BCUT2D eigenvalue weighted by molar-refractivity contribution is 7.14. The summed E-state index contributed by atoms with van der Waals surface area (Å²) in [6.45, 7) is 2.12. The molecule has 0 aliphatic carbocycles. The van der Waals surface area contributed by atoms with Crippen LogP contribution in [0.4, 0.5) is 5.00 Å². The fraction of sp³-hybridized carbons (Fsp3) is 0.429. The average molecular weight is 157 g/mol. The molecule has 3 heteroatoms. The van der Waals surface area contributed by atoms with Crippen LogP contribution in [0.1, 0.15) is 6.92 Å². The number of hydrogen-bond donors (Lipinski definition) is 2. The van der Waals surface area contributed by atoms with Crippen molar-refractivity contribution in [2.75, 3.05) is 11.9 Å². The van der Waals surface area contributed by atoms with Crippen molar-refractivity contribution in [2.24, 2.45) is 0 Å². The van der Waals surface area contributed by atoms with Crippen LogP contribution in [-0.2, 0) is 0 Å². The fourth-order valence-corrected chi connectivity index (χ4v) is 1.38. The molecule has 0 aliphatic heterocycles. The van der Waals surface area contributed by atoms with E-state index >= 15 is 0 Å². The van der Waals surface area contributed by atoms with Crippen LogP contribution < -0.4 is 5.32 Å². The molecule has 0 saturated heterocycles. The van der Waals surface area contributed by atoms with Crippen molar-refractivity contribution < 1.29 is 5.11 Å². The molecular weight excluding hydrogens is 146 g/mol. The predicted octanol–water partition coefficient (Wildman–Crippen LogP) is 1.54. The molecule has 0 amide bonds. The van der Waals surface area contributed by atoms with E-state index in [4.69, 9.17) is 5.11 Å². The molecule has 10 heavy (non-hydrogen) atoms. The first kappa shape index (κ1) is 7.57. The number of thiophene rings is 1. The Hall–Kier alpha value is -0.540. The monoisotopic (exact) mass is 157 g/mol. The zero-order valence-corrected chi connectivity index (χ0v) is 6.69. The van der Waals surface area contributed by atoms with E-state index < -0.39 is 0 Å². The van der Waals surface area contributed by atoms with E-state index in [0.717, 1.165) is 5.00 Å². The third-order valence-corrected chi connectivity index (χ3v) is 1.98. The Balaban J connectivity index is 2.40. The van der Waals surface area contributed by atoms with Gasteiger partial charge in [-0.15, -0.1) is 11.3 Å². The Bertz CT molecular complexity index is 174. The van der Waals surface area contributed by atoms with Crippen molar-refractivity contribution in [1.82, 2.24) is 0 Å². The highest BCUT2D eigenvalue weighted by atomic mass is 32.1. The molecule has 0 aromatic carbocycles. The lowest BCUT2D eigenvalue weighted by Gasteiger charge is -2.08. The fourth-order valence-electron chi connectivity index (χ4n) is 0.649. The molecule has 2 N–H and O–H groups in total. The number of nitrogens with one attached hydrogen (secondary N) is 1. The molecule has 1 heterocycles. The summed E-state index contributed by atoms with van der Waals surface area (Å²) in [6, 6.07) is 4.13. The van der Waals surface area contributed by atoms with Crippen molar-refractivity contribution in [3.8, 4) is 0 Å². The molecule has 0 bridgehead atoms. The van der Waals surface area contributed by atoms with Crippen LogP contribution in [0.5, 0.6) is 0 Å². The van der Waals surface area contributed by atoms with Gasteiger partial charge in [-0.3, -0.25) is 0 Å². The lowest BCUT2D eigenvalue weighted by Crippen LogP contribution is -2.18. The zero-order chi connectivity index (χ0) is 7.40. The summed E-state index contributed by atoms with van der Waals surface area (Å²) < 4.78 is 0. The molecule has 0 aliphatic rings. The lowest BCUT2D eigenvalue weighted by molar-refractivity contribution is 0.281. The molecular formula is C7H11NOS. The molecule has 1 rings (SSSR count). The maximum atomic E-state index is 8.68. The molecule has 2 nitrogen and oxygen atoms in total. The first-order valence-electron chi connectivity index (χ1n) is 3.24. The highest BCUT2D eigenvalue weighted by Gasteiger charge is 1.98. The normalized spacial score (nSPS) is 13.0. The molecule has 0 saturated carbocycles. The largest absolute Gasteiger partial charge is 0.394 e. The van der Waals surface area contributed by atoms with Gasteiger partial charge < -0.3 is 10.4 Å². The van der Waals surface area contributed by atoms with Crippen molar-refractivity contribution in [2.45, 2.75) is 13.0 Å². The van der Waals surface area contributed by atoms with Gasteiger partial charge in [-0.25, -0.2) is 0 Å². The smallest absolute Gasteiger partial charge is 0.0885 e. The van der Waals surface area contributed by atoms with Gasteiger partial charge in [-0.1, -0.05) is 0 Å². The molecule has 1 aromatic rings. The second-order valence-electron chi connectivity index (χ2n) is 2.21. The minimum absolute atomic E-state index is 0.152. The van der Waals surface area contributed by atoms with Crippen LogP contribution in [0.15, 0.2) is 17.5 Å². The molecule has 0 radical (unpaired) electrons. The number of aliphatic hydroxyl groups excluding tert-OH is 1. The maximum Gasteiger partial charge on any atom is 0.0885 e. The number of hydrogen-bond acceptors (Lipinski definition) is 3. The molecule has 1 atom stereocenters. The van der Waals surface area contributed by atoms with Crippen LogP contribution in [0.25, 0.3) is 0 Å². The van der Waals surface area contributed by atoms with E-state index in [-0.39, 0.29) is 12.6 Å². The summed E-state index contributed by atoms with van der Waals surface area (Å²) in [6.07, 6.45) is 0. The standard InChI is InChI=1S/C7H11NOS/c1-6(5-9)8-7-3-2-4-10-7/h2-4,6,8-9H,5H2,1H3/t6-/m0/s1. The average Bonchev–Trinajstić information content (AvgIpc) is 2.40. The van der Waals surface area contributed by atoms with Gasteiger partial charge in [0.05, 0.1) is 11.6 Å². The van der Waals surface area contributed by atoms with Gasteiger partial charge >= 0.3 is 0 Å². The second-order valence-corrected chi connectivity index (χ2v) is 3.15. The van der Waals surface area contributed by atoms with Crippen molar-refractivity contribution >= 4 is 16.3 Å². The van der Waals surface area contributed by atoms with Crippen LogP contribution in [0.2, 0.25) is 0 Å². The van der Waals surface area contributed by atoms with Gasteiger partial charge in [0.2, 0.25) is 0 Å². The molecule has 1 aromatic heterocycles.